The Balaban J connectivity index is 1.65. The van der Waals surface area contributed by atoms with E-state index in [0.29, 0.717) is 17.2 Å². The lowest BCUT2D eigenvalue weighted by molar-refractivity contribution is 0.474. The van der Waals surface area contributed by atoms with Gasteiger partial charge in [0.05, 0.1) is 0 Å². The van der Waals surface area contributed by atoms with E-state index < -0.39 is 0 Å². The number of hydrogen-bond acceptors (Lipinski definition) is 3. The van der Waals surface area contributed by atoms with Crippen molar-refractivity contribution in [2.24, 2.45) is 0 Å². The van der Waals surface area contributed by atoms with Crippen LogP contribution in [0.1, 0.15) is 56.7 Å². The second-order valence-corrected chi connectivity index (χ2v) is 10.2. The summed E-state index contributed by atoms with van der Waals surface area (Å²) in [6.45, 7) is 6.73. The molecule has 36 heavy (non-hydrogen) atoms. The molecule has 0 unspecified atom stereocenters. The first-order chi connectivity index (χ1) is 17.3. The Labute approximate surface area is 214 Å². The highest BCUT2D eigenvalue weighted by Gasteiger charge is 2.21. The van der Waals surface area contributed by atoms with Gasteiger partial charge in [-0.3, -0.25) is 0 Å². The van der Waals surface area contributed by atoms with Gasteiger partial charge in [0.15, 0.2) is 0 Å². The molecule has 0 aliphatic heterocycles. The molecule has 3 N–H and O–H groups in total. The average Bonchev–Trinajstić information content (AvgIpc) is 2.87. The van der Waals surface area contributed by atoms with E-state index in [1.165, 1.54) is 50.1 Å². The molecule has 0 amide bonds. The molecule has 0 radical (unpaired) electrons. The van der Waals surface area contributed by atoms with Crippen LogP contribution in [0, 0.1) is 0 Å². The van der Waals surface area contributed by atoms with Gasteiger partial charge in [-0.15, -0.1) is 0 Å². The predicted molar refractivity (Wildman–Crippen MR) is 147 cm³/mol. The SMILES string of the molecule is CC(Cc1ccc(O)cc1)=C1CC(=C(C)Cc2ccc(O)cc2)CC(=C(C)Cc2ccc(O)cc2)C1. The minimum Gasteiger partial charge on any atom is -0.508 e. The van der Waals surface area contributed by atoms with Crippen LogP contribution < -0.4 is 0 Å². The Bertz CT molecular complexity index is 1110. The van der Waals surface area contributed by atoms with Crippen molar-refractivity contribution in [1.29, 1.82) is 0 Å². The molecule has 0 saturated heterocycles. The van der Waals surface area contributed by atoms with Crippen molar-refractivity contribution in [3.63, 3.8) is 0 Å². The van der Waals surface area contributed by atoms with Crippen LogP contribution in [0.2, 0.25) is 0 Å². The van der Waals surface area contributed by atoms with Crippen LogP contribution in [0.3, 0.4) is 0 Å². The lowest BCUT2D eigenvalue weighted by Gasteiger charge is -2.27. The summed E-state index contributed by atoms with van der Waals surface area (Å²) in [6.07, 6.45) is 5.61. The van der Waals surface area contributed by atoms with Crippen LogP contribution in [-0.2, 0) is 19.3 Å². The molecule has 0 atom stereocenters. The van der Waals surface area contributed by atoms with E-state index in [4.69, 9.17) is 0 Å². The minimum absolute atomic E-state index is 0.298. The molecule has 1 aliphatic carbocycles. The molecule has 3 nitrogen and oxygen atoms in total. The van der Waals surface area contributed by atoms with Crippen molar-refractivity contribution in [3.8, 4) is 17.2 Å². The van der Waals surface area contributed by atoms with Gasteiger partial charge in [-0.1, -0.05) is 69.8 Å². The maximum absolute atomic E-state index is 9.65. The van der Waals surface area contributed by atoms with Gasteiger partial charge in [-0.05, 0) is 112 Å². The fourth-order valence-corrected chi connectivity index (χ4v) is 5.00. The van der Waals surface area contributed by atoms with Crippen molar-refractivity contribution in [3.05, 3.63) is 123 Å². The first-order valence-corrected chi connectivity index (χ1v) is 12.6. The van der Waals surface area contributed by atoms with Crippen molar-refractivity contribution in [2.75, 3.05) is 0 Å². The highest BCUT2D eigenvalue weighted by atomic mass is 16.3. The second kappa shape index (κ2) is 11.3. The summed E-state index contributed by atoms with van der Waals surface area (Å²) in [7, 11) is 0. The fraction of sp³-hybridized carbons (Fsp3) is 0.273. The number of rotatable bonds is 6. The Kier molecular flexibility index (Phi) is 8.00. The van der Waals surface area contributed by atoms with E-state index in [0.717, 1.165) is 38.5 Å². The summed E-state index contributed by atoms with van der Waals surface area (Å²) in [5.74, 6) is 0.894. The zero-order valence-corrected chi connectivity index (χ0v) is 21.5. The molecule has 0 heterocycles. The van der Waals surface area contributed by atoms with Crippen LogP contribution in [0.4, 0.5) is 0 Å². The molecule has 186 valence electrons. The van der Waals surface area contributed by atoms with Crippen LogP contribution >= 0.6 is 0 Å². The number of benzene rings is 3. The fourth-order valence-electron chi connectivity index (χ4n) is 5.00. The van der Waals surface area contributed by atoms with Gasteiger partial charge in [0.1, 0.15) is 17.2 Å². The third kappa shape index (κ3) is 6.69. The maximum atomic E-state index is 9.65. The van der Waals surface area contributed by atoms with E-state index >= 15 is 0 Å². The molecule has 4 rings (SSSR count). The average molecular weight is 481 g/mol. The van der Waals surface area contributed by atoms with Gasteiger partial charge in [-0.25, -0.2) is 0 Å². The molecule has 1 saturated carbocycles. The molecular weight excluding hydrogens is 444 g/mol. The summed E-state index contributed by atoms with van der Waals surface area (Å²) < 4.78 is 0. The normalized spacial score (nSPS) is 13.6. The van der Waals surface area contributed by atoms with E-state index in [1.807, 2.05) is 36.4 Å². The Morgan fingerprint density at radius 2 is 0.667 bits per heavy atom. The molecule has 3 heteroatoms. The lowest BCUT2D eigenvalue weighted by Crippen LogP contribution is -2.09. The van der Waals surface area contributed by atoms with E-state index in [9.17, 15) is 15.3 Å². The molecule has 0 bridgehead atoms. The van der Waals surface area contributed by atoms with Crippen LogP contribution in [0.25, 0.3) is 0 Å². The first-order valence-electron chi connectivity index (χ1n) is 12.6. The molecule has 0 spiro atoms. The summed E-state index contributed by atoms with van der Waals surface area (Å²) >= 11 is 0. The van der Waals surface area contributed by atoms with Crippen LogP contribution in [0.5, 0.6) is 17.2 Å². The Morgan fingerprint density at radius 3 is 0.889 bits per heavy atom. The Morgan fingerprint density at radius 1 is 0.444 bits per heavy atom. The molecule has 1 fully saturated rings. The van der Waals surface area contributed by atoms with Crippen molar-refractivity contribution in [2.45, 2.75) is 59.3 Å². The number of hydrogen-bond donors (Lipinski definition) is 3. The standard InChI is InChI=1S/C33H36O3/c1-22(16-25-4-10-31(34)11-5-25)28-19-29(23(2)17-26-6-12-32(35)13-7-26)21-30(20-28)24(3)18-27-8-14-33(36)15-9-27/h4-15,34-36H,16-21H2,1-3H3. The number of phenolic OH excluding ortho intramolecular Hbond substituents is 3. The van der Waals surface area contributed by atoms with Crippen LogP contribution in [0.15, 0.2) is 106 Å². The van der Waals surface area contributed by atoms with Gasteiger partial charge in [0.2, 0.25) is 0 Å². The van der Waals surface area contributed by atoms with E-state index in [2.05, 4.69) is 20.8 Å². The maximum Gasteiger partial charge on any atom is 0.115 e. The molecule has 3 aromatic rings. The molecular formula is C33H36O3. The zero-order valence-electron chi connectivity index (χ0n) is 21.5. The summed E-state index contributed by atoms with van der Waals surface area (Å²) in [4.78, 5) is 0. The van der Waals surface area contributed by atoms with Crippen molar-refractivity contribution in [1.82, 2.24) is 0 Å². The topological polar surface area (TPSA) is 60.7 Å². The number of phenols is 3. The zero-order chi connectivity index (χ0) is 25.7. The smallest absolute Gasteiger partial charge is 0.115 e. The highest BCUT2D eigenvalue weighted by Crippen LogP contribution is 2.39. The summed E-state index contributed by atoms with van der Waals surface area (Å²) in [5, 5.41) is 29.0. The van der Waals surface area contributed by atoms with Gasteiger partial charge < -0.3 is 15.3 Å². The summed E-state index contributed by atoms with van der Waals surface area (Å²) in [5.41, 5.74) is 12.3. The number of aromatic hydroxyl groups is 3. The van der Waals surface area contributed by atoms with Crippen molar-refractivity contribution >= 4 is 0 Å². The number of allylic oxidation sites excluding steroid dienone is 6. The van der Waals surface area contributed by atoms with Gasteiger partial charge in [0, 0.05) is 0 Å². The monoisotopic (exact) mass is 480 g/mol. The van der Waals surface area contributed by atoms with E-state index in [-0.39, 0.29) is 0 Å². The largest absolute Gasteiger partial charge is 0.508 e. The molecule has 1 aliphatic rings. The minimum atomic E-state index is 0.298. The lowest BCUT2D eigenvalue weighted by atomic mass is 9.78. The molecule has 3 aromatic carbocycles. The highest BCUT2D eigenvalue weighted by molar-refractivity contribution is 5.42. The summed E-state index contributed by atoms with van der Waals surface area (Å²) in [6, 6.07) is 22.6. The molecule has 0 aromatic heterocycles. The third-order valence-electron chi connectivity index (χ3n) is 7.31. The quantitative estimate of drug-likeness (QED) is 0.314. The van der Waals surface area contributed by atoms with Gasteiger partial charge in [0.25, 0.3) is 0 Å². The second-order valence-electron chi connectivity index (χ2n) is 10.2. The van der Waals surface area contributed by atoms with Crippen LogP contribution in [-0.4, -0.2) is 15.3 Å². The Hall–Kier alpha value is -3.72. The predicted octanol–water partition coefficient (Wildman–Crippen LogP) is 7.96. The van der Waals surface area contributed by atoms with Gasteiger partial charge >= 0.3 is 0 Å². The van der Waals surface area contributed by atoms with Gasteiger partial charge in [-0.2, -0.15) is 0 Å². The first kappa shape index (κ1) is 25.4. The third-order valence-corrected chi connectivity index (χ3v) is 7.31. The van der Waals surface area contributed by atoms with E-state index in [1.54, 1.807) is 36.4 Å². The van der Waals surface area contributed by atoms with Crippen molar-refractivity contribution < 1.29 is 15.3 Å².